The molecule has 0 aliphatic carbocycles. The van der Waals surface area contributed by atoms with Crippen molar-refractivity contribution in [2.75, 3.05) is 5.32 Å². The molecule has 1 amide bonds. The topological polar surface area (TPSA) is 86.6 Å². The number of carboxylic acids is 1. The van der Waals surface area contributed by atoms with Crippen LogP contribution in [0.25, 0.3) is 0 Å². The van der Waals surface area contributed by atoms with Gasteiger partial charge in [0.25, 0.3) is 0 Å². The minimum atomic E-state index is -1.07. The van der Waals surface area contributed by atoms with E-state index in [1.807, 2.05) is 0 Å². The maximum Gasteiger partial charge on any atom is 0.306 e. The van der Waals surface area contributed by atoms with E-state index in [0.29, 0.717) is 11.3 Å². The lowest BCUT2D eigenvalue weighted by atomic mass is 10.1. The van der Waals surface area contributed by atoms with Crippen molar-refractivity contribution in [2.24, 2.45) is 0 Å². The highest BCUT2D eigenvalue weighted by Gasteiger charge is 2.12. The first-order chi connectivity index (χ1) is 7.49. The second-order valence-corrected chi connectivity index (χ2v) is 3.42. The molecule has 1 unspecified atom stereocenters. The summed E-state index contributed by atoms with van der Waals surface area (Å²) >= 11 is 0. The summed E-state index contributed by atoms with van der Waals surface area (Å²) in [5, 5.41) is 20.6. The van der Waals surface area contributed by atoms with Crippen molar-refractivity contribution in [2.45, 2.75) is 19.4 Å². The second kappa shape index (κ2) is 5.27. The number of aliphatic hydroxyl groups excluding tert-OH is 1. The highest BCUT2D eigenvalue weighted by Crippen LogP contribution is 2.20. The van der Waals surface area contributed by atoms with Crippen molar-refractivity contribution in [3.63, 3.8) is 0 Å². The van der Waals surface area contributed by atoms with Crippen LogP contribution in [0.2, 0.25) is 0 Å². The smallest absolute Gasteiger partial charge is 0.306 e. The minimum Gasteiger partial charge on any atom is -0.481 e. The Morgan fingerprint density at radius 2 is 2.12 bits per heavy atom. The van der Waals surface area contributed by atoms with E-state index in [0.717, 1.165) is 0 Å². The van der Waals surface area contributed by atoms with E-state index >= 15 is 0 Å². The number of rotatable bonds is 4. The zero-order valence-electron chi connectivity index (χ0n) is 8.80. The standard InChI is InChI=1S/C11H13NO4/c1-7(13)12-9-4-2-3-8(5-9)10(14)6-11(15)16/h2-5,10,14H,6H2,1H3,(H,12,13)(H,15,16). The first kappa shape index (κ1) is 12.2. The summed E-state index contributed by atoms with van der Waals surface area (Å²) in [6.45, 7) is 1.38. The molecule has 3 N–H and O–H groups in total. The number of aliphatic carboxylic acids is 1. The Kier molecular flexibility index (Phi) is 4.02. The van der Waals surface area contributed by atoms with Gasteiger partial charge in [-0.1, -0.05) is 12.1 Å². The minimum absolute atomic E-state index is 0.218. The van der Waals surface area contributed by atoms with Crippen LogP contribution < -0.4 is 5.32 Å². The van der Waals surface area contributed by atoms with Crippen LogP contribution in [-0.2, 0) is 9.59 Å². The van der Waals surface area contributed by atoms with Gasteiger partial charge in [0, 0.05) is 12.6 Å². The molecule has 5 nitrogen and oxygen atoms in total. The molecule has 5 heteroatoms. The molecule has 0 heterocycles. The van der Waals surface area contributed by atoms with Crippen LogP contribution in [0.4, 0.5) is 5.69 Å². The summed E-state index contributed by atoms with van der Waals surface area (Å²) < 4.78 is 0. The van der Waals surface area contributed by atoms with Gasteiger partial charge in [-0.3, -0.25) is 9.59 Å². The highest BCUT2D eigenvalue weighted by molar-refractivity contribution is 5.88. The maximum absolute atomic E-state index is 10.8. The number of amides is 1. The molecule has 0 aromatic heterocycles. The summed E-state index contributed by atoms with van der Waals surface area (Å²) in [6.07, 6.45) is -1.42. The molecule has 0 saturated heterocycles. The number of carbonyl (C=O) groups is 2. The molecule has 1 atom stereocenters. The molecule has 0 saturated carbocycles. The molecule has 0 radical (unpaired) electrons. The highest BCUT2D eigenvalue weighted by atomic mass is 16.4. The molecule has 0 aliphatic rings. The number of hydrogen-bond acceptors (Lipinski definition) is 3. The zero-order chi connectivity index (χ0) is 12.1. The van der Waals surface area contributed by atoms with Crippen LogP contribution in [0, 0.1) is 0 Å². The largest absolute Gasteiger partial charge is 0.481 e. The van der Waals surface area contributed by atoms with Crippen molar-refractivity contribution >= 4 is 17.6 Å². The fourth-order valence-electron chi connectivity index (χ4n) is 1.31. The van der Waals surface area contributed by atoms with Gasteiger partial charge in [-0.15, -0.1) is 0 Å². The Balaban J connectivity index is 2.80. The molecule has 0 spiro atoms. The van der Waals surface area contributed by atoms with Gasteiger partial charge in [0.05, 0.1) is 12.5 Å². The molecule has 0 fully saturated rings. The lowest BCUT2D eigenvalue weighted by molar-refractivity contribution is -0.139. The monoisotopic (exact) mass is 223 g/mol. The first-order valence-corrected chi connectivity index (χ1v) is 4.76. The summed E-state index contributed by atoms with van der Waals surface area (Å²) in [5.41, 5.74) is 1.00. The summed E-state index contributed by atoms with van der Waals surface area (Å²) in [7, 11) is 0. The van der Waals surface area contributed by atoms with Gasteiger partial charge in [0.1, 0.15) is 0 Å². The SMILES string of the molecule is CC(=O)Nc1cccc(C(O)CC(=O)O)c1. The third-order valence-corrected chi connectivity index (χ3v) is 1.96. The third kappa shape index (κ3) is 3.70. The van der Waals surface area contributed by atoms with Crippen LogP contribution in [0.3, 0.4) is 0 Å². The number of carboxylic acid groups (broad SMARTS) is 1. The molecular weight excluding hydrogens is 210 g/mol. The quantitative estimate of drug-likeness (QED) is 0.714. The molecule has 1 aromatic rings. The van der Waals surface area contributed by atoms with Crippen LogP contribution in [0.15, 0.2) is 24.3 Å². The van der Waals surface area contributed by atoms with Gasteiger partial charge in [0.2, 0.25) is 5.91 Å². The van der Waals surface area contributed by atoms with Crippen LogP contribution in [0.1, 0.15) is 25.0 Å². The fraction of sp³-hybridized carbons (Fsp3) is 0.273. The first-order valence-electron chi connectivity index (χ1n) is 4.76. The molecule has 1 aromatic carbocycles. The predicted molar refractivity (Wildman–Crippen MR) is 58.0 cm³/mol. The summed E-state index contributed by atoms with van der Waals surface area (Å²) in [4.78, 5) is 21.2. The van der Waals surface area contributed by atoms with E-state index in [1.54, 1.807) is 24.3 Å². The van der Waals surface area contributed by atoms with E-state index in [2.05, 4.69) is 5.32 Å². The van der Waals surface area contributed by atoms with Crippen LogP contribution in [0.5, 0.6) is 0 Å². The van der Waals surface area contributed by atoms with E-state index in [9.17, 15) is 14.7 Å². The van der Waals surface area contributed by atoms with Gasteiger partial charge < -0.3 is 15.5 Å². The predicted octanol–water partition coefficient (Wildman–Crippen LogP) is 1.15. The Morgan fingerprint density at radius 3 is 2.69 bits per heavy atom. The van der Waals surface area contributed by atoms with Crippen LogP contribution in [-0.4, -0.2) is 22.1 Å². The van der Waals surface area contributed by atoms with E-state index in [4.69, 9.17) is 5.11 Å². The van der Waals surface area contributed by atoms with E-state index < -0.39 is 12.1 Å². The summed E-state index contributed by atoms with van der Waals surface area (Å²) in [5.74, 6) is -1.29. The third-order valence-electron chi connectivity index (χ3n) is 1.96. The normalized spacial score (nSPS) is 11.9. The molecule has 16 heavy (non-hydrogen) atoms. The molecule has 0 aliphatic heterocycles. The molecular formula is C11H13NO4. The van der Waals surface area contributed by atoms with Gasteiger partial charge >= 0.3 is 5.97 Å². The maximum atomic E-state index is 10.8. The number of benzene rings is 1. The van der Waals surface area contributed by atoms with Gasteiger partial charge in [-0.05, 0) is 17.7 Å². The average Bonchev–Trinajstić information content (AvgIpc) is 2.16. The van der Waals surface area contributed by atoms with Crippen molar-refractivity contribution < 1.29 is 19.8 Å². The van der Waals surface area contributed by atoms with E-state index in [-0.39, 0.29) is 12.3 Å². The molecule has 0 bridgehead atoms. The number of hydrogen-bond donors (Lipinski definition) is 3. The average molecular weight is 223 g/mol. The van der Waals surface area contributed by atoms with Crippen molar-refractivity contribution in [1.82, 2.24) is 0 Å². The lowest BCUT2D eigenvalue weighted by Crippen LogP contribution is -2.08. The number of nitrogens with one attached hydrogen (secondary N) is 1. The Bertz CT molecular complexity index is 403. The Hall–Kier alpha value is -1.88. The summed E-state index contributed by atoms with van der Waals surface area (Å²) in [6, 6.07) is 6.47. The van der Waals surface area contributed by atoms with Crippen molar-refractivity contribution in [3.8, 4) is 0 Å². The number of carbonyl (C=O) groups excluding carboxylic acids is 1. The van der Waals surface area contributed by atoms with Gasteiger partial charge in [0.15, 0.2) is 0 Å². The Morgan fingerprint density at radius 1 is 1.44 bits per heavy atom. The van der Waals surface area contributed by atoms with Crippen molar-refractivity contribution in [3.05, 3.63) is 29.8 Å². The lowest BCUT2D eigenvalue weighted by Gasteiger charge is -2.10. The van der Waals surface area contributed by atoms with Crippen LogP contribution >= 0.6 is 0 Å². The molecule has 86 valence electrons. The number of aliphatic hydroxyl groups is 1. The van der Waals surface area contributed by atoms with Crippen molar-refractivity contribution in [1.29, 1.82) is 0 Å². The van der Waals surface area contributed by atoms with Gasteiger partial charge in [-0.25, -0.2) is 0 Å². The van der Waals surface area contributed by atoms with E-state index in [1.165, 1.54) is 6.92 Å². The number of anilines is 1. The van der Waals surface area contributed by atoms with Gasteiger partial charge in [-0.2, -0.15) is 0 Å². The fourth-order valence-corrected chi connectivity index (χ4v) is 1.31. The second-order valence-electron chi connectivity index (χ2n) is 3.42. The Labute approximate surface area is 92.7 Å². The zero-order valence-corrected chi connectivity index (χ0v) is 8.80. The molecule has 1 rings (SSSR count).